The fraction of sp³-hybridized carbons (Fsp3) is 0.889. The van der Waals surface area contributed by atoms with Crippen LogP contribution in [0.5, 0.6) is 0 Å². The second-order valence-electron chi connectivity index (χ2n) is 3.79. The van der Waals surface area contributed by atoms with Gasteiger partial charge in [-0.25, -0.2) is 4.79 Å². The zero-order valence-corrected chi connectivity index (χ0v) is 8.11. The van der Waals surface area contributed by atoms with Crippen LogP contribution >= 0.6 is 0 Å². The number of aliphatic hydroxyl groups excluding tert-OH is 1. The number of aliphatic hydroxyl groups is 1. The quantitative estimate of drug-likeness (QED) is 0.653. The van der Waals surface area contributed by atoms with E-state index in [-0.39, 0.29) is 24.9 Å². The van der Waals surface area contributed by atoms with Crippen molar-refractivity contribution in [2.75, 3.05) is 19.8 Å². The van der Waals surface area contributed by atoms with E-state index in [0.717, 1.165) is 25.8 Å². The highest BCUT2D eigenvalue weighted by molar-refractivity contribution is 5.70. The number of hydrogen-bond acceptors (Lipinski definition) is 4. The van der Waals surface area contributed by atoms with Crippen molar-refractivity contribution in [3.8, 4) is 0 Å². The van der Waals surface area contributed by atoms with Crippen molar-refractivity contribution in [2.24, 2.45) is 0 Å². The van der Waals surface area contributed by atoms with Gasteiger partial charge in [-0.3, -0.25) is 10.2 Å². The zero-order chi connectivity index (χ0) is 9.97. The average molecular weight is 200 g/mol. The van der Waals surface area contributed by atoms with Crippen LogP contribution in [-0.4, -0.2) is 48.1 Å². The van der Waals surface area contributed by atoms with Gasteiger partial charge in [-0.1, -0.05) is 0 Å². The van der Waals surface area contributed by atoms with Gasteiger partial charge in [0.25, 0.3) is 0 Å². The predicted octanol–water partition coefficient (Wildman–Crippen LogP) is -0.101. The zero-order valence-electron chi connectivity index (χ0n) is 8.11. The summed E-state index contributed by atoms with van der Waals surface area (Å²) in [6.45, 7) is 1.23. The normalized spacial score (nSPS) is 33.2. The molecule has 80 valence electrons. The molecule has 2 aliphatic heterocycles. The van der Waals surface area contributed by atoms with Gasteiger partial charge in [0.1, 0.15) is 6.61 Å². The van der Waals surface area contributed by atoms with Crippen molar-refractivity contribution < 1.29 is 14.6 Å². The van der Waals surface area contributed by atoms with Gasteiger partial charge in [0, 0.05) is 0 Å². The lowest BCUT2D eigenvalue weighted by Crippen LogP contribution is -2.52. The van der Waals surface area contributed by atoms with Gasteiger partial charge in [0.2, 0.25) is 0 Å². The van der Waals surface area contributed by atoms with Gasteiger partial charge >= 0.3 is 6.09 Å². The number of ether oxygens (including phenoxy) is 1. The maximum Gasteiger partial charge on any atom is 0.411 e. The molecule has 2 atom stereocenters. The van der Waals surface area contributed by atoms with E-state index in [2.05, 4.69) is 5.32 Å². The molecular weight excluding hydrogens is 184 g/mol. The van der Waals surface area contributed by atoms with E-state index in [1.165, 1.54) is 0 Å². The number of nitrogens with zero attached hydrogens (tertiary/aromatic N) is 1. The van der Waals surface area contributed by atoms with E-state index in [4.69, 9.17) is 9.84 Å². The molecule has 2 rings (SSSR count). The third-order valence-electron chi connectivity index (χ3n) is 2.83. The van der Waals surface area contributed by atoms with Gasteiger partial charge < -0.3 is 9.84 Å². The Balaban J connectivity index is 2.01. The van der Waals surface area contributed by atoms with Gasteiger partial charge in [0.15, 0.2) is 0 Å². The number of cyclic esters (lactones) is 1. The van der Waals surface area contributed by atoms with Crippen LogP contribution in [0.2, 0.25) is 0 Å². The Morgan fingerprint density at radius 3 is 3.07 bits per heavy atom. The van der Waals surface area contributed by atoms with Crippen molar-refractivity contribution in [1.82, 2.24) is 10.2 Å². The SMILES string of the molecule is O=C1OCC(CO)N1C1CCCCN1. The molecule has 14 heavy (non-hydrogen) atoms. The molecule has 0 spiro atoms. The van der Waals surface area contributed by atoms with Crippen LogP contribution in [-0.2, 0) is 4.74 Å². The first-order valence-electron chi connectivity index (χ1n) is 5.12. The Morgan fingerprint density at radius 1 is 1.57 bits per heavy atom. The summed E-state index contributed by atoms with van der Waals surface area (Å²) in [6, 6.07) is -0.168. The topological polar surface area (TPSA) is 61.8 Å². The van der Waals surface area contributed by atoms with Crippen LogP contribution < -0.4 is 5.32 Å². The maximum atomic E-state index is 11.4. The Hall–Kier alpha value is -0.810. The molecule has 2 N–H and O–H groups in total. The summed E-state index contributed by atoms with van der Waals surface area (Å²) in [5.74, 6) is 0. The van der Waals surface area contributed by atoms with Gasteiger partial charge in [-0.05, 0) is 25.8 Å². The first kappa shape index (κ1) is 9.73. The van der Waals surface area contributed by atoms with E-state index in [1.54, 1.807) is 4.90 Å². The van der Waals surface area contributed by atoms with E-state index >= 15 is 0 Å². The fourth-order valence-electron chi connectivity index (χ4n) is 2.06. The molecule has 0 aromatic carbocycles. The molecule has 0 saturated carbocycles. The first-order chi connectivity index (χ1) is 6.83. The summed E-state index contributed by atoms with van der Waals surface area (Å²) >= 11 is 0. The van der Waals surface area contributed by atoms with E-state index in [0.29, 0.717) is 6.61 Å². The Morgan fingerprint density at radius 2 is 2.43 bits per heavy atom. The summed E-state index contributed by atoms with van der Waals surface area (Å²) < 4.78 is 4.91. The standard InChI is InChI=1S/C9H16N2O3/c12-5-7-6-14-9(13)11(7)8-3-1-2-4-10-8/h7-8,10,12H,1-6H2. The molecule has 2 unspecified atom stereocenters. The number of carbonyl (C=O) groups excluding carboxylic acids is 1. The summed E-state index contributed by atoms with van der Waals surface area (Å²) in [5.41, 5.74) is 0. The highest BCUT2D eigenvalue weighted by atomic mass is 16.6. The van der Waals surface area contributed by atoms with Gasteiger partial charge in [-0.15, -0.1) is 0 Å². The minimum absolute atomic E-state index is 0.0239. The number of piperidine rings is 1. The van der Waals surface area contributed by atoms with Gasteiger partial charge in [-0.2, -0.15) is 0 Å². The van der Waals surface area contributed by atoms with Gasteiger partial charge in [0.05, 0.1) is 18.8 Å². The minimum atomic E-state index is -0.302. The highest BCUT2D eigenvalue weighted by Gasteiger charge is 2.37. The van der Waals surface area contributed by atoms with Crippen LogP contribution in [0, 0.1) is 0 Å². The molecule has 0 bridgehead atoms. The second-order valence-corrected chi connectivity index (χ2v) is 3.79. The van der Waals surface area contributed by atoms with E-state index in [1.807, 2.05) is 0 Å². The second kappa shape index (κ2) is 4.14. The van der Waals surface area contributed by atoms with Crippen LogP contribution in [0.4, 0.5) is 4.79 Å². The van der Waals surface area contributed by atoms with E-state index in [9.17, 15) is 4.79 Å². The largest absolute Gasteiger partial charge is 0.447 e. The fourth-order valence-corrected chi connectivity index (χ4v) is 2.06. The lowest BCUT2D eigenvalue weighted by molar-refractivity contribution is 0.105. The van der Waals surface area contributed by atoms with Crippen LogP contribution in [0.1, 0.15) is 19.3 Å². The maximum absolute atomic E-state index is 11.4. The van der Waals surface area contributed by atoms with Crippen molar-refractivity contribution in [2.45, 2.75) is 31.5 Å². The molecule has 2 saturated heterocycles. The lowest BCUT2D eigenvalue weighted by atomic mass is 10.1. The molecule has 5 nitrogen and oxygen atoms in total. The summed E-state index contributed by atoms with van der Waals surface area (Å²) in [6.07, 6.45) is 2.98. The van der Waals surface area contributed by atoms with Crippen molar-refractivity contribution in [3.05, 3.63) is 0 Å². The van der Waals surface area contributed by atoms with Crippen LogP contribution in [0.15, 0.2) is 0 Å². The number of carbonyl (C=O) groups is 1. The molecule has 5 heteroatoms. The first-order valence-corrected chi connectivity index (χ1v) is 5.12. The van der Waals surface area contributed by atoms with E-state index < -0.39 is 0 Å². The summed E-state index contributed by atoms with van der Waals surface area (Å²) in [5, 5.41) is 12.4. The molecule has 2 heterocycles. The highest BCUT2D eigenvalue weighted by Crippen LogP contribution is 2.20. The monoisotopic (exact) mass is 200 g/mol. The molecule has 0 aliphatic carbocycles. The number of nitrogens with one attached hydrogen (secondary N) is 1. The molecule has 0 aromatic rings. The Kier molecular flexibility index (Phi) is 2.88. The third kappa shape index (κ3) is 1.69. The smallest absolute Gasteiger partial charge is 0.411 e. The number of rotatable bonds is 2. The van der Waals surface area contributed by atoms with Crippen LogP contribution in [0.3, 0.4) is 0 Å². The van der Waals surface area contributed by atoms with Crippen molar-refractivity contribution >= 4 is 6.09 Å². The molecule has 2 fully saturated rings. The molecule has 1 amide bonds. The Bertz CT molecular complexity index is 216. The lowest BCUT2D eigenvalue weighted by Gasteiger charge is -2.33. The average Bonchev–Trinajstić information content (AvgIpc) is 2.61. The Labute approximate surface area is 83.0 Å². The molecule has 0 aromatic heterocycles. The molecular formula is C9H16N2O3. The molecule has 0 radical (unpaired) electrons. The molecule has 2 aliphatic rings. The van der Waals surface area contributed by atoms with Crippen molar-refractivity contribution in [3.63, 3.8) is 0 Å². The third-order valence-corrected chi connectivity index (χ3v) is 2.83. The van der Waals surface area contributed by atoms with Crippen molar-refractivity contribution in [1.29, 1.82) is 0 Å². The minimum Gasteiger partial charge on any atom is -0.447 e. The summed E-state index contributed by atoms with van der Waals surface area (Å²) in [4.78, 5) is 13.0. The number of amides is 1. The van der Waals surface area contributed by atoms with Crippen LogP contribution in [0.25, 0.3) is 0 Å². The number of hydrogen-bond donors (Lipinski definition) is 2. The predicted molar refractivity (Wildman–Crippen MR) is 49.7 cm³/mol. The summed E-state index contributed by atoms with van der Waals surface area (Å²) in [7, 11) is 0.